The second kappa shape index (κ2) is 13.9. The molecule has 28 heavy (non-hydrogen) atoms. The van der Waals surface area contributed by atoms with Crippen LogP contribution in [-0.4, -0.2) is 80.8 Å². The zero-order valence-corrected chi connectivity index (χ0v) is 16.1. The summed E-state index contributed by atoms with van der Waals surface area (Å²) in [6.45, 7) is 2.12. The molecule has 0 spiro atoms. The number of unbranched alkanes of at least 4 members (excludes halogenated alkanes) is 3. The molecule has 2 rings (SSSR count). The molecule has 0 aromatic rings. The van der Waals surface area contributed by atoms with Gasteiger partial charge in [-0.3, -0.25) is 4.79 Å². The van der Waals surface area contributed by atoms with E-state index in [1.165, 1.54) is 0 Å². The number of allylic oxidation sites excluding steroid dienone is 2. The molecule has 6 nitrogen and oxygen atoms in total. The number of ether oxygens (including phenoxy) is 1. The predicted octanol–water partition coefficient (Wildman–Crippen LogP) is 2.11. The third kappa shape index (κ3) is 7.92. The van der Waals surface area contributed by atoms with Crippen LogP contribution in [-0.2, 0) is 9.53 Å². The summed E-state index contributed by atoms with van der Waals surface area (Å²) >= 11 is 0. The molecule has 1 saturated carbocycles. The number of aliphatic hydroxyl groups excluding tert-OH is 2. The number of carbonyl (C=O) groups is 1. The van der Waals surface area contributed by atoms with Crippen molar-refractivity contribution in [2.45, 2.75) is 95.6 Å². The quantitative estimate of drug-likeness (QED) is 0.353. The maximum absolute atomic E-state index is 14.8. The van der Waals surface area contributed by atoms with Gasteiger partial charge in [0.15, 0.2) is 6.17 Å². The van der Waals surface area contributed by atoms with E-state index in [4.69, 9.17) is 9.84 Å². The Balaban J connectivity index is 0.00000364. The molecule has 1 aliphatic heterocycles. The molecule has 0 aromatic heterocycles. The first-order chi connectivity index (χ1) is 12.4. The molecule has 5 N–H and O–H groups in total. The van der Waals surface area contributed by atoms with Crippen molar-refractivity contribution in [1.29, 1.82) is 0 Å². The zero-order chi connectivity index (χ0) is 19.1. The Kier molecular flexibility index (Phi) is 13.8. The second-order valence-electron chi connectivity index (χ2n) is 7.72. The van der Waals surface area contributed by atoms with E-state index in [-0.39, 0.29) is 65.5 Å². The van der Waals surface area contributed by atoms with Gasteiger partial charge < -0.3 is 25.5 Å². The third-order valence-electron chi connectivity index (χ3n) is 5.70. The number of carboxylic acid groups (broad SMARTS) is 1. The third-order valence-corrected chi connectivity index (χ3v) is 5.70. The molecule has 2 aliphatic rings. The molecule has 0 aromatic carbocycles. The summed E-state index contributed by atoms with van der Waals surface area (Å²) in [6.07, 6.45) is 5.70. The van der Waals surface area contributed by atoms with Crippen LogP contribution in [0.25, 0.3) is 0 Å². The Hall–Kier alpha value is -0.180. The number of carboxylic acids is 1. The van der Waals surface area contributed by atoms with Gasteiger partial charge in [0.05, 0.1) is 12.2 Å². The van der Waals surface area contributed by atoms with Crippen molar-refractivity contribution in [3.05, 3.63) is 11.8 Å². The predicted molar refractivity (Wildman–Crippen MR) is 107 cm³/mol. The standard InChI is InChI=1S/C20H33FO5.Na.H2O.H/c1-2-3-4-7-13(22)10-11-14-15(23)12-17-19(14)20(21)16(26-17)8-5-6-9-18(24)25;;;/h8,13-15,17,19-20,22-23H,2-7,9-12H2,1H3,(H,24,25);;1H2;/b16-8-;;;/t13-,14-,15+,17-,19+,20-;;;/m0.../s1. The number of halogens is 1. The van der Waals surface area contributed by atoms with Crippen LogP contribution in [0, 0.1) is 11.8 Å². The fraction of sp³-hybridized carbons (Fsp3) is 0.850. The van der Waals surface area contributed by atoms with Gasteiger partial charge in [-0.2, -0.15) is 0 Å². The minimum atomic E-state index is -1.25. The topological polar surface area (TPSA) is 118 Å². The van der Waals surface area contributed by atoms with Gasteiger partial charge in [-0.05, 0) is 44.1 Å². The van der Waals surface area contributed by atoms with Crippen molar-refractivity contribution in [3.8, 4) is 0 Å². The fourth-order valence-corrected chi connectivity index (χ4v) is 4.27. The Morgan fingerprint density at radius 3 is 2.68 bits per heavy atom. The number of rotatable bonds is 11. The van der Waals surface area contributed by atoms with Gasteiger partial charge >= 0.3 is 35.5 Å². The molecule has 0 radical (unpaired) electrons. The van der Waals surface area contributed by atoms with Crippen molar-refractivity contribution < 1.29 is 34.7 Å². The molecule has 1 heterocycles. The van der Waals surface area contributed by atoms with Crippen LogP contribution in [0.3, 0.4) is 0 Å². The Bertz CT molecular complexity index is 489. The number of hydrogen-bond acceptors (Lipinski definition) is 4. The van der Waals surface area contributed by atoms with E-state index in [9.17, 15) is 19.4 Å². The van der Waals surface area contributed by atoms with Crippen LogP contribution in [0.15, 0.2) is 11.8 Å². The van der Waals surface area contributed by atoms with Gasteiger partial charge in [0.1, 0.15) is 11.9 Å². The first kappa shape index (κ1) is 27.8. The Morgan fingerprint density at radius 2 is 2.04 bits per heavy atom. The van der Waals surface area contributed by atoms with E-state index in [0.29, 0.717) is 37.9 Å². The Labute approximate surface area is 189 Å². The van der Waals surface area contributed by atoms with E-state index in [1.807, 2.05) is 0 Å². The SMILES string of the molecule is CCCCC[C@H](O)CC[C@@H]1[C@@H]2[C@H](C[C@H]1O)O/C(=C\CCCC(=O)O)[C@@H]2F.O.[NaH]. The van der Waals surface area contributed by atoms with Crippen LogP contribution in [0.2, 0.25) is 0 Å². The molecule has 160 valence electrons. The normalized spacial score (nSPS) is 30.9. The van der Waals surface area contributed by atoms with Crippen LogP contribution < -0.4 is 0 Å². The van der Waals surface area contributed by atoms with Gasteiger partial charge in [-0.1, -0.05) is 26.2 Å². The summed E-state index contributed by atoms with van der Waals surface area (Å²) < 4.78 is 20.5. The maximum atomic E-state index is 14.8. The average molecular weight is 414 g/mol. The van der Waals surface area contributed by atoms with Crippen molar-refractivity contribution in [2.75, 3.05) is 0 Å². The number of alkyl halides is 1. The molecule has 8 heteroatoms. The number of aliphatic hydroxyl groups is 2. The van der Waals surface area contributed by atoms with Crippen molar-refractivity contribution >= 4 is 35.5 Å². The van der Waals surface area contributed by atoms with E-state index in [2.05, 4.69) is 6.92 Å². The van der Waals surface area contributed by atoms with Gasteiger partial charge in [-0.25, -0.2) is 4.39 Å². The fourth-order valence-electron chi connectivity index (χ4n) is 4.27. The molecule has 0 bridgehead atoms. The van der Waals surface area contributed by atoms with Crippen molar-refractivity contribution in [3.63, 3.8) is 0 Å². The van der Waals surface area contributed by atoms with E-state index in [1.54, 1.807) is 6.08 Å². The molecular weight excluding hydrogens is 378 g/mol. The first-order valence-electron chi connectivity index (χ1n) is 10.0. The van der Waals surface area contributed by atoms with Crippen LogP contribution in [0.1, 0.15) is 71.1 Å². The monoisotopic (exact) mass is 414 g/mol. The number of aliphatic carboxylic acids is 1. The summed E-state index contributed by atoms with van der Waals surface area (Å²) in [5, 5.41) is 29.0. The zero-order valence-electron chi connectivity index (χ0n) is 16.1. The number of fused-ring (bicyclic) bond motifs is 1. The van der Waals surface area contributed by atoms with Gasteiger partial charge in [0, 0.05) is 18.8 Å². The van der Waals surface area contributed by atoms with E-state index in [0.717, 1.165) is 25.7 Å². The summed E-state index contributed by atoms with van der Waals surface area (Å²) in [4.78, 5) is 10.5. The summed E-state index contributed by atoms with van der Waals surface area (Å²) in [5.74, 6) is -1.12. The van der Waals surface area contributed by atoms with Crippen LogP contribution >= 0.6 is 0 Å². The Morgan fingerprint density at radius 1 is 1.32 bits per heavy atom. The number of hydrogen-bond donors (Lipinski definition) is 3. The summed E-state index contributed by atoms with van der Waals surface area (Å²) in [5.41, 5.74) is 0. The van der Waals surface area contributed by atoms with Crippen LogP contribution in [0.4, 0.5) is 4.39 Å². The first-order valence-corrected chi connectivity index (χ1v) is 10.0. The van der Waals surface area contributed by atoms with Crippen LogP contribution in [0.5, 0.6) is 0 Å². The summed E-state index contributed by atoms with van der Waals surface area (Å²) in [6, 6.07) is 0. The second-order valence-corrected chi connectivity index (χ2v) is 7.72. The van der Waals surface area contributed by atoms with Crippen molar-refractivity contribution in [2.24, 2.45) is 11.8 Å². The van der Waals surface area contributed by atoms with Gasteiger partial charge in [-0.15, -0.1) is 0 Å². The van der Waals surface area contributed by atoms with E-state index < -0.39 is 18.2 Å². The van der Waals surface area contributed by atoms with Gasteiger partial charge in [0.25, 0.3) is 0 Å². The average Bonchev–Trinajstić information content (AvgIpc) is 3.05. The van der Waals surface area contributed by atoms with Gasteiger partial charge in [0.2, 0.25) is 0 Å². The molecular formula is C20H36FNaO6. The van der Waals surface area contributed by atoms with E-state index >= 15 is 0 Å². The van der Waals surface area contributed by atoms with Crippen molar-refractivity contribution in [1.82, 2.24) is 0 Å². The molecule has 6 atom stereocenters. The minimum absolute atomic E-state index is 0. The molecule has 0 amide bonds. The molecule has 2 fully saturated rings. The molecule has 0 unspecified atom stereocenters. The molecule has 1 aliphatic carbocycles. The molecule has 1 saturated heterocycles. The summed E-state index contributed by atoms with van der Waals surface area (Å²) in [7, 11) is 0.